The van der Waals surface area contributed by atoms with E-state index in [-0.39, 0.29) is 6.61 Å². The van der Waals surface area contributed by atoms with Crippen LogP contribution in [0.3, 0.4) is 0 Å². The molecule has 1 rings (SSSR count). The van der Waals surface area contributed by atoms with Gasteiger partial charge >= 0.3 is 0 Å². The molecule has 0 aliphatic carbocycles. The molecule has 0 aromatic heterocycles. The first kappa shape index (κ1) is 13.9. The number of alkyl halides is 1. The molecule has 1 aromatic rings. The van der Waals surface area contributed by atoms with Crippen molar-refractivity contribution in [2.45, 2.75) is 12.2 Å². The predicted molar refractivity (Wildman–Crippen MR) is 66.6 cm³/mol. The van der Waals surface area contributed by atoms with Crippen LogP contribution in [-0.4, -0.2) is 35.4 Å². The Morgan fingerprint density at radius 2 is 1.94 bits per heavy atom. The Morgan fingerprint density at radius 3 is 2.44 bits per heavy atom. The molecule has 0 amide bonds. The number of aliphatic hydroxyl groups is 2. The minimum Gasteiger partial charge on any atom is -0.394 e. The third-order valence-electron chi connectivity index (χ3n) is 2.15. The van der Waals surface area contributed by atoms with Crippen molar-refractivity contribution >= 4 is 27.5 Å². The summed E-state index contributed by atoms with van der Waals surface area (Å²) in [5, 5.41) is 19.1. The summed E-state index contributed by atoms with van der Waals surface area (Å²) >= 11 is 8.79. The molecule has 90 valence electrons. The first-order valence-electron chi connectivity index (χ1n) is 4.91. The van der Waals surface area contributed by atoms with Crippen molar-refractivity contribution in [2.24, 2.45) is 0 Å². The second-order valence-corrected chi connectivity index (χ2v) is 4.57. The van der Waals surface area contributed by atoms with E-state index in [0.29, 0.717) is 18.1 Å². The molecule has 16 heavy (non-hydrogen) atoms. The Hall–Kier alpha value is -0.130. The lowest BCUT2D eigenvalue weighted by molar-refractivity contribution is -0.0598. The lowest BCUT2D eigenvalue weighted by Gasteiger charge is -2.21. The first-order valence-corrected chi connectivity index (χ1v) is 6.23. The van der Waals surface area contributed by atoms with E-state index in [0.717, 1.165) is 4.47 Å². The largest absolute Gasteiger partial charge is 0.394 e. The lowest BCUT2D eigenvalue weighted by Crippen LogP contribution is -2.27. The highest BCUT2D eigenvalue weighted by Crippen LogP contribution is 2.21. The van der Waals surface area contributed by atoms with Crippen LogP contribution < -0.4 is 0 Å². The van der Waals surface area contributed by atoms with Crippen LogP contribution in [0, 0.1) is 0 Å². The van der Waals surface area contributed by atoms with E-state index in [1.54, 1.807) is 12.1 Å². The van der Waals surface area contributed by atoms with Crippen LogP contribution in [-0.2, 0) is 4.74 Å². The predicted octanol–water partition coefficient (Wildman–Crippen LogP) is 2.10. The summed E-state index contributed by atoms with van der Waals surface area (Å²) in [5.41, 5.74) is 0.705. The van der Waals surface area contributed by atoms with Gasteiger partial charge in [-0.25, -0.2) is 0 Å². The van der Waals surface area contributed by atoms with Crippen molar-refractivity contribution in [2.75, 3.05) is 19.1 Å². The maximum absolute atomic E-state index is 9.95. The molecule has 0 saturated heterocycles. The summed E-state index contributed by atoms with van der Waals surface area (Å²) in [7, 11) is 0. The molecular weight excluding hydrogens is 295 g/mol. The molecule has 3 nitrogen and oxygen atoms in total. The van der Waals surface area contributed by atoms with Crippen molar-refractivity contribution in [1.29, 1.82) is 0 Å². The molecule has 0 aliphatic heterocycles. The SMILES string of the molecule is OC[C@@H](OCCCl)[C@@H](O)c1ccc(Br)cc1. The summed E-state index contributed by atoms with van der Waals surface area (Å²) in [5.74, 6) is 0.337. The zero-order chi connectivity index (χ0) is 12.0. The number of aliphatic hydroxyl groups excluding tert-OH is 2. The average Bonchev–Trinajstić information content (AvgIpc) is 2.30. The number of ether oxygens (including phenoxy) is 1. The highest BCUT2D eigenvalue weighted by Gasteiger charge is 2.20. The van der Waals surface area contributed by atoms with Gasteiger partial charge in [0.05, 0.1) is 13.2 Å². The van der Waals surface area contributed by atoms with Gasteiger partial charge in [0.2, 0.25) is 0 Å². The number of halogens is 2. The van der Waals surface area contributed by atoms with Gasteiger partial charge in [0, 0.05) is 10.4 Å². The molecule has 0 fully saturated rings. The zero-order valence-electron chi connectivity index (χ0n) is 8.64. The van der Waals surface area contributed by atoms with Gasteiger partial charge in [-0.2, -0.15) is 0 Å². The topological polar surface area (TPSA) is 49.7 Å². The second-order valence-electron chi connectivity index (χ2n) is 3.28. The van der Waals surface area contributed by atoms with Gasteiger partial charge in [-0.1, -0.05) is 28.1 Å². The van der Waals surface area contributed by atoms with Gasteiger partial charge in [0.1, 0.15) is 12.2 Å². The Morgan fingerprint density at radius 1 is 1.31 bits per heavy atom. The molecule has 0 bridgehead atoms. The number of hydrogen-bond donors (Lipinski definition) is 2. The van der Waals surface area contributed by atoms with E-state index in [4.69, 9.17) is 21.4 Å². The number of hydrogen-bond acceptors (Lipinski definition) is 3. The van der Waals surface area contributed by atoms with Gasteiger partial charge in [-0.05, 0) is 17.7 Å². The van der Waals surface area contributed by atoms with Crippen LogP contribution in [0.2, 0.25) is 0 Å². The highest BCUT2D eigenvalue weighted by atomic mass is 79.9. The van der Waals surface area contributed by atoms with Crippen LogP contribution in [0.15, 0.2) is 28.7 Å². The Labute approximate surface area is 108 Å². The smallest absolute Gasteiger partial charge is 0.111 e. The quantitative estimate of drug-likeness (QED) is 0.791. The van der Waals surface area contributed by atoms with Gasteiger partial charge < -0.3 is 14.9 Å². The maximum atomic E-state index is 9.95. The Balaban J connectivity index is 2.66. The summed E-state index contributed by atoms with van der Waals surface area (Å²) in [6.07, 6.45) is -1.48. The van der Waals surface area contributed by atoms with Crippen LogP contribution in [0.1, 0.15) is 11.7 Å². The van der Waals surface area contributed by atoms with Gasteiger partial charge in [-0.15, -0.1) is 11.6 Å². The zero-order valence-corrected chi connectivity index (χ0v) is 11.0. The fourth-order valence-electron chi connectivity index (χ4n) is 1.31. The molecule has 2 N–H and O–H groups in total. The normalized spacial score (nSPS) is 14.8. The third-order valence-corrected chi connectivity index (χ3v) is 2.84. The average molecular weight is 310 g/mol. The fourth-order valence-corrected chi connectivity index (χ4v) is 1.67. The van der Waals surface area contributed by atoms with Crippen LogP contribution in [0.5, 0.6) is 0 Å². The first-order chi connectivity index (χ1) is 7.69. The van der Waals surface area contributed by atoms with Crippen LogP contribution in [0.25, 0.3) is 0 Å². The molecule has 2 atom stereocenters. The second kappa shape index (κ2) is 7.25. The molecule has 1 aromatic carbocycles. The standard InChI is InChI=1S/C11H14BrClO3/c12-9-3-1-8(2-4-9)11(15)10(7-14)16-6-5-13/h1-4,10-11,14-15H,5-7H2/t10-,11+/m1/s1. The number of benzene rings is 1. The molecule has 0 unspecified atom stereocenters. The maximum Gasteiger partial charge on any atom is 0.111 e. The minimum atomic E-state index is -0.846. The lowest BCUT2D eigenvalue weighted by atomic mass is 10.1. The van der Waals surface area contributed by atoms with Crippen LogP contribution in [0.4, 0.5) is 0 Å². The van der Waals surface area contributed by atoms with Gasteiger partial charge in [0.25, 0.3) is 0 Å². The van der Waals surface area contributed by atoms with Crippen molar-refractivity contribution in [1.82, 2.24) is 0 Å². The van der Waals surface area contributed by atoms with Crippen molar-refractivity contribution in [3.05, 3.63) is 34.3 Å². The Kier molecular flexibility index (Phi) is 6.31. The van der Waals surface area contributed by atoms with E-state index in [1.165, 1.54) is 0 Å². The summed E-state index contributed by atoms with van der Waals surface area (Å²) < 4.78 is 6.18. The number of rotatable bonds is 6. The highest BCUT2D eigenvalue weighted by molar-refractivity contribution is 9.10. The molecular formula is C11H14BrClO3. The molecule has 0 saturated carbocycles. The summed E-state index contributed by atoms with van der Waals surface area (Å²) in [6, 6.07) is 7.21. The van der Waals surface area contributed by atoms with E-state index < -0.39 is 12.2 Å². The molecule has 0 radical (unpaired) electrons. The van der Waals surface area contributed by atoms with Crippen molar-refractivity contribution in [3.8, 4) is 0 Å². The van der Waals surface area contributed by atoms with Gasteiger partial charge in [-0.3, -0.25) is 0 Å². The van der Waals surface area contributed by atoms with Crippen molar-refractivity contribution < 1.29 is 14.9 Å². The molecule has 0 aliphatic rings. The molecule has 0 spiro atoms. The third kappa shape index (κ3) is 4.03. The molecule has 0 heterocycles. The van der Waals surface area contributed by atoms with Gasteiger partial charge in [0.15, 0.2) is 0 Å². The van der Waals surface area contributed by atoms with Crippen molar-refractivity contribution in [3.63, 3.8) is 0 Å². The fraction of sp³-hybridized carbons (Fsp3) is 0.455. The monoisotopic (exact) mass is 308 g/mol. The Bertz CT molecular complexity index is 305. The van der Waals surface area contributed by atoms with E-state index in [2.05, 4.69) is 15.9 Å². The van der Waals surface area contributed by atoms with Crippen LogP contribution >= 0.6 is 27.5 Å². The molecule has 5 heteroatoms. The van der Waals surface area contributed by atoms with E-state index in [9.17, 15) is 5.11 Å². The van der Waals surface area contributed by atoms with E-state index in [1.807, 2.05) is 12.1 Å². The summed E-state index contributed by atoms with van der Waals surface area (Å²) in [6.45, 7) is 0.0640. The summed E-state index contributed by atoms with van der Waals surface area (Å²) in [4.78, 5) is 0. The minimum absolute atomic E-state index is 0.242. The van der Waals surface area contributed by atoms with E-state index >= 15 is 0 Å².